The smallest absolute Gasteiger partial charge is 0.408 e. The Kier molecular flexibility index (Phi) is 25.2. The molecule has 1 saturated heterocycles. The van der Waals surface area contributed by atoms with Crippen LogP contribution in [0.3, 0.4) is 0 Å². The highest BCUT2D eigenvalue weighted by molar-refractivity contribution is 5.97. The first kappa shape index (κ1) is 78.0. The summed E-state index contributed by atoms with van der Waals surface area (Å²) in [6.45, 7) is 12.9. The summed E-state index contributed by atoms with van der Waals surface area (Å²) in [4.78, 5) is 162. The number of hydrogen-bond donors (Lipinski definition) is 10. The number of nitrogens with one attached hydrogen (secondary N) is 5. The summed E-state index contributed by atoms with van der Waals surface area (Å²) in [7, 11) is 0. The number of Topliss-reactive ketones (excluding diaryl/α,β-unsaturated/α-hetero) is 2. The molecule has 0 aromatic heterocycles. The fourth-order valence-corrected chi connectivity index (χ4v) is 13.9. The molecule has 1 heterocycles. The summed E-state index contributed by atoms with van der Waals surface area (Å²) in [6, 6.07) is 12.4. The highest BCUT2D eigenvalue weighted by Crippen LogP contribution is 2.67. The third kappa shape index (κ3) is 18.0. The maximum Gasteiger partial charge on any atom is 0.408 e. The molecule has 3 aromatic carbocycles. The number of ether oxygens (including phenoxy) is 5. The van der Waals surface area contributed by atoms with Gasteiger partial charge < -0.3 is 81.2 Å². The summed E-state index contributed by atoms with van der Waals surface area (Å²) in [5.74, 6) is -13.7. The van der Waals surface area contributed by atoms with Crippen LogP contribution in [0.5, 0.6) is 0 Å². The Morgan fingerprint density at radius 2 is 1.48 bits per heavy atom. The molecule has 100 heavy (non-hydrogen) atoms. The lowest BCUT2D eigenvalue weighted by Gasteiger charge is -2.68. The molecule has 0 radical (unpaired) electrons. The molecular formula is C71H88F2N6O21. The second-order valence-corrected chi connectivity index (χ2v) is 27.6. The molecular weight excluding hydrogens is 1310 g/mol. The number of ketones is 2. The van der Waals surface area contributed by atoms with Crippen LogP contribution >= 0.6 is 0 Å². The number of unbranched alkanes of at least 4 members (excludes halogenated alkanes) is 1. The van der Waals surface area contributed by atoms with E-state index >= 15 is 9.59 Å². The third-order valence-electron chi connectivity index (χ3n) is 19.2. The van der Waals surface area contributed by atoms with Gasteiger partial charge in [-0.05, 0) is 121 Å². The van der Waals surface area contributed by atoms with Gasteiger partial charge in [-0.1, -0.05) is 62.4 Å². The zero-order valence-electron chi connectivity index (χ0n) is 57.1. The third-order valence-corrected chi connectivity index (χ3v) is 19.2. The number of carboxylic acid groups (broad SMARTS) is 1. The minimum atomic E-state index is -2.47. The highest BCUT2D eigenvalue weighted by Gasteiger charge is 2.76. The fourth-order valence-electron chi connectivity index (χ4n) is 13.9. The zero-order valence-corrected chi connectivity index (χ0v) is 57.1. The first-order chi connectivity index (χ1) is 46.8. The number of hydrogen-bond acceptors (Lipinski definition) is 20. The molecule has 3 aliphatic carbocycles. The first-order valence-electron chi connectivity index (χ1n) is 32.8. The molecule has 6 amide bonds. The van der Waals surface area contributed by atoms with E-state index in [4.69, 9.17) is 29.4 Å². The van der Waals surface area contributed by atoms with Gasteiger partial charge in [0, 0.05) is 73.1 Å². The zero-order chi connectivity index (χ0) is 74.0. The molecule has 7 rings (SSSR count). The lowest BCUT2D eigenvalue weighted by molar-refractivity contribution is -0.319. The predicted octanol–water partition coefficient (Wildman–Crippen LogP) is 4.36. The molecule has 11 N–H and O–H groups in total. The van der Waals surface area contributed by atoms with Crippen molar-refractivity contribution in [2.75, 3.05) is 13.2 Å². The Labute approximate surface area is 576 Å². The number of aliphatic carboxylic acids is 1. The van der Waals surface area contributed by atoms with Crippen molar-refractivity contribution in [3.05, 3.63) is 124 Å². The molecule has 29 heteroatoms. The van der Waals surface area contributed by atoms with Crippen molar-refractivity contribution in [3.63, 3.8) is 0 Å². The minimum Gasteiger partial charge on any atom is -0.480 e. The van der Waals surface area contributed by atoms with Crippen LogP contribution in [0, 0.1) is 33.8 Å². The molecule has 4 aliphatic rings. The standard InChI is InChI=1S/C71H88F2N6O21/c1-37(80)34-70-36-96-49(70)33-48(81)69(9)58(70)60(99-64(92)42-20-14-11-15-21-42)71(95)35-47(38(2)54(68(71,7)8)56(86)59(69)87)97-65(93)57(55(41-18-12-10-13-19-41)79-66(94)100-67(4,5)6)98-53(85)30-29-50(82)75-31-17-16-22-46(63(90)91)77-52(84)28-26-45(61(74)88)78-62(89)39(3)76-51(83)27-24-40-23-25-43(72)32-44(40)73/h10-15,18-21,23-25,27,32,39,45-49,55-58,60,81,86,95H,16-17,22,26,28-31,33-36H2,1-9H3,(H2,74,88)(H,75,82)(H,76,83)(H,77,84)(H,78,89)(H,79,94)(H,90,91)/b27-24+/t39-,45+,46?,47-,48-,49+,55-,56+,57+,58-,60-,69+,70+,71+/m0/s1. The van der Waals surface area contributed by atoms with Gasteiger partial charge in [-0.15, -0.1) is 0 Å². The van der Waals surface area contributed by atoms with Gasteiger partial charge in [0.05, 0.1) is 36.2 Å². The number of halogens is 2. The number of benzene rings is 3. The van der Waals surface area contributed by atoms with Gasteiger partial charge in [0.2, 0.25) is 35.6 Å². The van der Waals surface area contributed by atoms with Gasteiger partial charge >= 0.3 is 30.0 Å². The Hall–Kier alpha value is -9.32. The number of aliphatic hydroxyl groups excluding tert-OH is 2. The monoisotopic (exact) mass is 1400 g/mol. The highest BCUT2D eigenvalue weighted by atomic mass is 19.1. The number of aliphatic hydroxyl groups is 3. The van der Waals surface area contributed by atoms with Crippen molar-refractivity contribution in [1.82, 2.24) is 26.6 Å². The molecule has 542 valence electrons. The molecule has 1 aliphatic heterocycles. The van der Waals surface area contributed by atoms with Gasteiger partial charge in [0.25, 0.3) is 0 Å². The van der Waals surface area contributed by atoms with Gasteiger partial charge in [-0.3, -0.25) is 33.6 Å². The van der Waals surface area contributed by atoms with Crippen molar-refractivity contribution < 1.29 is 110 Å². The van der Waals surface area contributed by atoms with Crippen molar-refractivity contribution in [1.29, 1.82) is 0 Å². The topological polar surface area (TPSA) is 418 Å². The van der Waals surface area contributed by atoms with E-state index in [1.165, 1.54) is 65.8 Å². The predicted molar refractivity (Wildman–Crippen MR) is 350 cm³/mol. The molecule has 1 unspecified atom stereocenters. The summed E-state index contributed by atoms with van der Waals surface area (Å²) in [5, 5.41) is 60.7. The summed E-state index contributed by atoms with van der Waals surface area (Å²) in [5.41, 5.74) is -3.29. The SMILES string of the molecule is CC(=O)C[C@@]12CO[C@@H]1C[C@H](O)[C@@]1(C)C(=O)[C@H](O)C3=C(C)[C@@H](OC(=O)[C@H](OC(=O)CCC(=O)NCCCCC(NC(=O)CC[C@@H](NC(=O)[C@H](C)NC(=O)/C=C/c4ccc(F)cc4F)C(N)=O)C(=O)O)[C@@H](NC(=O)OC(C)(C)C)c4ccccc4)C[C@@](O)([C@@H](OC(=O)c4ccccc4)[C@H]21)C3(C)C. The minimum absolute atomic E-state index is 0.0283. The summed E-state index contributed by atoms with van der Waals surface area (Å²) < 4.78 is 57.5. The van der Waals surface area contributed by atoms with Crippen LogP contribution in [-0.2, 0) is 71.6 Å². The van der Waals surface area contributed by atoms with Crippen molar-refractivity contribution in [2.24, 2.45) is 27.9 Å². The lowest BCUT2D eigenvalue weighted by Crippen LogP contribution is -2.78. The summed E-state index contributed by atoms with van der Waals surface area (Å²) >= 11 is 0. The van der Waals surface area contributed by atoms with Crippen LogP contribution in [0.2, 0.25) is 0 Å². The average Bonchev–Trinajstić information content (AvgIpc) is 0.670. The lowest BCUT2D eigenvalue weighted by atomic mass is 9.41. The van der Waals surface area contributed by atoms with E-state index in [1.54, 1.807) is 57.2 Å². The molecule has 2 saturated carbocycles. The van der Waals surface area contributed by atoms with Crippen LogP contribution in [0.4, 0.5) is 13.6 Å². The molecule has 2 bridgehead atoms. The molecule has 3 fully saturated rings. The van der Waals surface area contributed by atoms with Crippen LogP contribution in [0.1, 0.15) is 154 Å². The second kappa shape index (κ2) is 32.3. The quantitative estimate of drug-likeness (QED) is 0.0152. The number of nitrogens with two attached hydrogens (primary N) is 1. The van der Waals surface area contributed by atoms with Gasteiger partial charge in [-0.2, -0.15) is 0 Å². The number of carbonyl (C=O) groups is 12. The second-order valence-electron chi connectivity index (χ2n) is 27.6. The number of fused-ring (bicyclic) bond motifs is 5. The normalized spacial score (nSPS) is 25.2. The van der Waals surface area contributed by atoms with Crippen molar-refractivity contribution in [3.8, 4) is 0 Å². The van der Waals surface area contributed by atoms with Crippen LogP contribution < -0.4 is 32.3 Å². The van der Waals surface area contributed by atoms with E-state index in [0.29, 0.717) is 6.07 Å². The van der Waals surface area contributed by atoms with E-state index < -0.39 is 197 Å². The number of rotatable bonds is 29. The molecule has 27 nitrogen and oxygen atoms in total. The first-order valence-corrected chi connectivity index (χ1v) is 32.8. The fraction of sp³-hybridized carbons (Fsp3) is 0.521. The Morgan fingerprint density at radius 1 is 0.820 bits per heavy atom. The Morgan fingerprint density at radius 3 is 2.08 bits per heavy atom. The molecule has 3 aromatic rings. The number of alkyl carbamates (subject to hydrolysis) is 1. The Balaban J connectivity index is 1.04. The van der Waals surface area contributed by atoms with E-state index in [2.05, 4.69) is 26.6 Å². The maximum atomic E-state index is 15.4. The van der Waals surface area contributed by atoms with E-state index in [9.17, 15) is 77.2 Å². The molecule has 14 atom stereocenters. The van der Waals surface area contributed by atoms with Gasteiger partial charge in [0.15, 0.2) is 5.78 Å². The number of carbonyl (C=O) groups excluding carboxylic acids is 11. The number of primary amides is 1. The maximum absolute atomic E-state index is 15.4. The number of amides is 6. The van der Waals surface area contributed by atoms with Crippen molar-refractivity contribution in [2.45, 2.75) is 199 Å². The van der Waals surface area contributed by atoms with Crippen LogP contribution in [-0.4, -0.2) is 171 Å². The van der Waals surface area contributed by atoms with E-state index in [-0.39, 0.29) is 85.3 Å². The molecule has 0 spiro atoms. The number of carboxylic acids is 1. The van der Waals surface area contributed by atoms with Gasteiger partial charge in [0.1, 0.15) is 71.1 Å². The van der Waals surface area contributed by atoms with Crippen molar-refractivity contribution >= 4 is 77.1 Å². The number of esters is 3. The Bertz CT molecular complexity index is 3680. The van der Waals surface area contributed by atoms with Gasteiger partial charge in [-0.25, -0.2) is 28.0 Å². The van der Waals surface area contributed by atoms with Crippen LogP contribution in [0.15, 0.2) is 96.1 Å². The largest absolute Gasteiger partial charge is 0.480 e. The van der Waals surface area contributed by atoms with Crippen LogP contribution in [0.25, 0.3) is 6.08 Å². The van der Waals surface area contributed by atoms with E-state index in [0.717, 1.165) is 24.3 Å². The van der Waals surface area contributed by atoms with E-state index in [1.807, 2.05) is 0 Å². The average molecular weight is 1400 g/mol. The summed E-state index contributed by atoms with van der Waals surface area (Å²) in [6.07, 6.45) is -12.4.